The average molecular weight is 275 g/mol. The zero-order valence-electron chi connectivity index (χ0n) is 11.4. The fourth-order valence-corrected chi connectivity index (χ4v) is 4.52. The van der Waals surface area contributed by atoms with Gasteiger partial charge < -0.3 is 5.32 Å². The van der Waals surface area contributed by atoms with E-state index in [0.717, 1.165) is 32.4 Å². The van der Waals surface area contributed by atoms with Crippen molar-refractivity contribution in [2.45, 2.75) is 39.2 Å². The molecule has 0 aliphatic carbocycles. The highest BCUT2D eigenvalue weighted by atomic mass is 32.2. The lowest BCUT2D eigenvalue weighted by molar-refractivity contribution is 0.267. The molecule has 0 spiro atoms. The minimum atomic E-state index is -3.29. The van der Waals surface area contributed by atoms with Gasteiger partial charge in [0.25, 0.3) is 10.2 Å². The van der Waals surface area contributed by atoms with Gasteiger partial charge in [-0.05, 0) is 44.2 Å². The van der Waals surface area contributed by atoms with E-state index in [0.29, 0.717) is 24.9 Å². The molecule has 0 unspecified atom stereocenters. The van der Waals surface area contributed by atoms with Crippen molar-refractivity contribution in [2.75, 3.05) is 26.2 Å². The van der Waals surface area contributed by atoms with Crippen LogP contribution in [0.3, 0.4) is 0 Å². The van der Waals surface area contributed by atoms with Gasteiger partial charge in [-0.25, -0.2) is 0 Å². The summed E-state index contributed by atoms with van der Waals surface area (Å²) in [5.41, 5.74) is 0. The van der Waals surface area contributed by atoms with Gasteiger partial charge in [-0.1, -0.05) is 13.8 Å². The van der Waals surface area contributed by atoms with Crippen LogP contribution in [0.15, 0.2) is 0 Å². The highest BCUT2D eigenvalue weighted by Crippen LogP contribution is 2.19. The summed E-state index contributed by atoms with van der Waals surface area (Å²) in [7, 11) is -3.29. The highest BCUT2D eigenvalue weighted by Gasteiger charge is 2.31. The molecule has 2 fully saturated rings. The normalized spacial score (nSPS) is 35.6. The molecular formula is C12H25N3O2S. The lowest BCUT2D eigenvalue weighted by atomic mass is 9.97. The number of nitrogens with one attached hydrogen (secondary N) is 2. The largest absolute Gasteiger partial charge is 0.316 e. The summed E-state index contributed by atoms with van der Waals surface area (Å²) in [6.07, 6.45) is 2.99. The van der Waals surface area contributed by atoms with Crippen LogP contribution < -0.4 is 10.0 Å². The van der Waals surface area contributed by atoms with Crippen LogP contribution in [0, 0.1) is 11.8 Å². The molecule has 106 valence electrons. The zero-order chi connectivity index (χ0) is 13.2. The third kappa shape index (κ3) is 3.44. The lowest BCUT2D eigenvalue weighted by Crippen LogP contribution is -2.53. The topological polar surface area (TPSA) is 61.4 Å². The van der Waals surface area contributed by atoms with E-state index in [1.807, 2.05) is 0 Å². The lowest BCUT2D eigenvalue weighted by Gasteiger charge is -2.34. The summed E-state index contributed by atoms with van der Waals surface area (Å²) in [6, 6.07) is 0.0773. The molecule has 5 nitrogen and oxygen atoms in total. The van der Waals surface area contributed by atoms with Crippen molar-refractivity contribution in [1.29, 1.82) is 0 Å². The van der Waals surface area contributed by atoms with Crippen LogP contribution in [0.2, 0.25) is 0 Å². The van der Waals surface area contributed by atoms with Gasteiger partial charge in [0.05, 0.1) is 0 Å². The first-order chi connectivity index (χ1) is 8.49. The Balaban J connectivity index is 1.97. The number of rotatable bonds is 3. The SMILES string of the molecule is C[C@@H]1CCCN(S(=O)(=O)N[C@@H]2CCNC[C@@H]2C)C1. The average Bonchev–Trinajstić information content (AvgIpc) is 2.32. The molecule has 0 bridgehead atoms. The first-order valence-corrected chi connectivity index (χ1v) is 8.41. The monoisotopic (exact) mass is 275 g/mol. The van der Waals surface area contributed by atoms with E-state index in [9.17, 15) is 8.42 Å². The second-order valence-corrected chi connectivity index (χ2v) is 7.51. The van der Waals surface area contributed by atoms with Crippen LogP contribution in [0.5, 0.6) is 0 Å². The molecule has 0 amide bonds. The van der Waals surface area contributed by atoms with E-state index in [2.05, 4.69) is 23.9 Å². The minimum Gasteiger partial charge on any atom is -0.316 e. The van der Waals surface area contributed by atoms with Gasteiger partial charge in [0.15, 0.2) is 0 Å². The van der Waals surface area contributed by atoms with Gasteiger partial charge in [0.1, 0.15) is 0 Å². The van der Waals surface area contributed by atoms with E-state index in [1.54, 1.807) is 4.31 Å². The zero-order valence-corrected chi connectivity index (χ0v) is 12.2. The van der Waals surface area contributed by atoms with E-state index in [1.165, 1.54) is 0 Å². The van der Waals surface area contributed by atoms with E-state index in [-0.39, 0.29) is 6.04 Å². The molecule has 0 radical (unpaired) electrons. The van der Waals surface area contributed by atoms with Crippen molar-refractivity contribution < 1.29 is 8.42 Å². The van der Waals surface area contributed by atoms with Crippen LogP contribution in [0.25, 0.3) is 0 Å². The quantitative estimate of drug-likeness (QED) is 0.791. The standard InChI is InChI=1S/C12H25N3O2S/c1-10-4-3-7-15(9-10)18(16,17)14-12-5-6-13-8-11(12)2/h10-14H,3-9H2,1-2H3/t10-,11+,12-/m1/s1. The summed E-state index contributed by atoms with van der Waals surface area (Å²) in [6.45, 7) is 7.33. The summed E-state index contributed by atoms with van der Waals surface area (Å²) in [4.78, 5) is 0. The molecule has 2 heterocycles. The predicted molar refractivity (Wildman–Crippen MR) is 72.5 cm³/mol. The van der Waals surface area contributed by atoms with E-state index >= 15 is 0 Å². The van der Waals surface area contributed by atoms with Crippen LogP contribution in [-0.2, 0) is 10.2 Å². The molecule has 0 aromatic rings. The van der Waals surface area contributed by atoms with Crippen LogP contribution in [0.1, 0.15) is 33.1 Å². The first kappa shape index (κ1) is 14.2. The number of hydrogen-bond acceptors (Lipinski definition) is 3. The van der Waals surface area contributed by atoms with Gasteiger partial charge in [-0.15, -0.1) is 0 Å². The first-order valence-electron chi connectivity index (χ1n) is 6.97. The van der Waals surface area contributed by atoms with Gasteiger partial charge >= 0.3 is 0 Å². The van der Waals surface area contributed by atoms with Crippen LogP contribution in [-0.4, -0.2) is 44.9 Å². The molecule has 2 aliphatic rings. The Hall–Kier alpha value is -0.170. The van der Waals surface area contributed by atoms with Crippen molar-refractivity contribution in [2.24, 2.45) is 11.8 Å². The van der Waals surface area contributed by atoms with Gasteiger partial charge in [0, 0.05) is 19.1 Å². The van der Waals surface area contributed by atoms with Crippen molar-refractivity contribution >= 4 is 10.2 Å². The summed E-state index contributed by atoms with van der Waals surface area (Å²) in [5, 5.41) is 3.29. The van der Waals surface area contributed by atoms with E-state index < -0.39 is 10.2 Å². The van der Waals surface area contributed by atoms with Gasteiger partial charge in [-0.3, -0.25) is 0 Å². The second kappa shape index (κ2) is 5.86. The van der Waals surface area contributed by atoms with Crippen molar-refractivity contribution in [3.05, 3.63) is 0 Å². The maximum Gasteiger partial charge on any atom is 0.279 e. The third-order valence-corrected chi connectivity index (χ3v) is 5.66. The fraction of sp³-hybridized carbons (Fsp3) is 1.00. The fourth-order valence-electron chi connectivity index (χ4n) is 2.82. The minimum absolute atomic E-state index is 0.0773. The highest BCUT2D eigenvalue weighted by molar-refractivity contribution is 7.87. The van der Waals surface area contributed by atoms with Crippen LogP contribution in [0.4, 0.5) is 0 Å². The molecule has 2 N–H and O–H groups in total. The molecule has 2 aliphatic heterocycles. The number of nitrogens with zero attached hydrogens (tertiary/aromatic N) is 1. The summed E-state index contributed by atoms with van der Waals surface area (Å²) < 4.78 is 29.2. The van der Waals surface area contributed by atoms with Gasteiger partial charge in [0.2, 0.25) is 0 Å². The molecule has 18 heavy (non-hydrogen) atoms. The molecule has 0 aromatic carbocycles. The maximum absolute atomic E-state index is 12.3. The van der Waals surface area contributed by atoms with Crippen LogP contribution >= 0.6 is 0 Å². The Morgan fingerprint density at radius 1 is 1.28 bits per heavy atom. The van der Waals surface area contributed by atoms with Crippen molar-refractivity contribution in [3.8, 4) is 0 Å². The molecule has 3 atom stereocenters. The Bertz CT molecular complexity index is 372. The molecule has 2 saturated heterocycles. The Kier molecular flexibility index (Phi) is 4.64. The number of hydrogen-bond donors (Lipinski definition) is 2. The molecule has 0 saturated carbocycles. The Morgan fingerprint density at radius 2 is 2.06 bits per heavy atom. The summed E-state index contributed by atoms with van der Waals surface area (Å²) in [5.74, 6) is 0.830. The smallest absolute Gasteiger partial charge is 0.279 e. The maximum atomic E-state index is 12.3. The van der Waals surface area contributed by atoms with Crippen molar-refractivity contribution in [3.63, 3.8) is 0 Å². The third-order valence-electron chi connectivity index (χ3n) is 4.05. The molecule has 2 rings (SSSR count). The Morgan fingerprint density at radius 3 is 2.72 bits per heavy atom. The van der Waals surface area contributed by atoms with Crippen molar-refractivity contribution in [1.82, 2.24) is 14.3 Å². The molecule has 0 aromatic heterocycles. The number of piperidine rings is 2. The summed E-state index contributed by atoms with van der Waals surface area (Å²) >= 11 is 0. The van der Waals surface area contributed by atoms with Gasteiger partial charge in [-0.2, -0.15) is 17.4 Å². The second-order valence-electron chi connectivity index (χ2n) is 5.80. The van der Waals surface area contributed by atoms with E-state index in [4.69, 9.17) is 0 Å². The molecule has 6 heteroatoms. The molecular weight excluding hydrogens is 250 g/mol. The Labute approximate surface area is 110 Å². The predicted octanol–water partition coefficient (Wildman–Crippen LogP) is 0.551.